The molecule has 1 heterocycles. The molecule has 0 atom stereocenters. The van der Waals surface area contributed by atoms with Gasteiger partial charge in [-0.2, -0.15) is 0 Å². The maximum atomic E-state index is 12.3. The minimum absolute atomic E-state index is 0.00593. The summed E-state index contributed by atoms with van der Waals surface area (Å²) in [7, 11) is -3.34. The van der Waals surface area contributed by atoms with Crippen LogP contribution in [0.5, 0.6) is 0 Å². The highest BCUT2D eigenvalue weighted by Crippen LogP contribution is 2.11. The molecule has 23 heavy (non-hydrogen) atoms. The van der Waals surface area contributed by atoms with Crippen molar-refractivity contribution in [3.8, 4) is 0 Å². The Hall–Kier alpha value is -1.87. The largest absolute Gasteiger partial charge is 0.455 e. The Kier molecular flexibility index (Phi) is 6.77. The maximum Gasteiger partial charge on any atom is 0.290 e. The highest BCUT2D eigenvalue weighted by Gasteiger charge is 2.21. The van der Waals surface area contributed by atoms with Crippen LogP contribution < -0.4 is 10.0 Å². The SMILES string of the molecule is CCN(CC(=O)NC(C)C)C(=O)c1ccc(CNS(C)(=O)=O)o1. The number of rotatable bonds is 8. The molecule has 130 valence electrons. The van der Waals surface area contributed by atoms with Crippen molar-refractivity contribution in [1.29, 1.82) is 0 Å². The first-order valence-corrected chi connectivity index (χ1v) is 9.13. The molecule has 0 saturated heterocycles. The molecule has 1 aromatic heterocycles. The van der Waals surface area contributed by atoms with Gasteiger partial charge in [0.1, 0.15) is 5.76 Å². The van der Waals surface area contributed by atoms with E-state index in [9.17, 15) is 18.0 Å². The Labute approximate surface area is 136 Å². The van der Waals surface area contributed by atoms with E-state index in [-0.39, 0.29) is 30.8 Å². The lowest BCUT2D eigenvalue weighted by Crippen LogP contribution is -2.42. The molecule has 0 aliphatic carbocycles. The second-order valence-electron chi connectivity index (χ2n) is 5.40. The first-order valence-electron chi connectivity index (χ1n) is 7.24. The zero-order chi connectivity index (χ0) is 17.6. The second-order valence-corrected chi connectivity index (χ2v) is 7.23. The average molecular weight is 345 g/mol. The summed E-state index contributed by atoms with van der Waals surface area (Å²) in [5.74, 6) is -0.284. The Morgan fingerprint density at radius 3 is 2.48 bits per heavy atom. The van der Waals surface area contributed by atoms with Crippen molar-refractivity contribution in [3.05, 3.63) is 23.7 Å². The standard InChI is InChI=1S/C14H23N3O5S/c1-5-17(9-13(18)16-10(2)3)14(19)12-7-6-11(22-12)8-15-23(4,20)21/h6-7,10,15H,5,8-9H2,1-4H3,(H,16,18). The van der Waals surface area contributed by atoms with Crippen molar-refractivity contribution in [1.82, 2.24) is 14.9 Å². The molecule has 0 radical (unpaired) electrons. The van der Waals surface area contributed by atoms with Gasteiger partial charge in [0.25, 0.3) is 5.91 Å². The quantitative estimate of drug-likeness (QED) is 0.705. The van der Waals surface area contributed by atoms with Gasteiger partial charge >= 0.3 is 0 Å². The van der Waals surface area contributed by atoms with Gasteiger partial charge in [-0.3, -0.25) is 9.59 Å². The minimum atomic E-state index is -3.34. The van der Waals surface area contributed by atoms with E-state index in [0.29, 0.717) is 12.3 Å². The van der Waals surface area contributed by atoms with E-state index in [1.807, 2.05) is 13.8 Å². The number of hydrogen-bond donors (Lipinski definition) is 2. The van der Waals surface area contributed by atoms with Crippen LogP contribution in [-0.2, 0) is 21.4 Å². The number of carbonyl (C=O) groups excluding carboxylic acids is 2. The third-order valence-corrected chi connectivity index (χ3v) is 3.50. The van der Waals surface area contributed by atoms with Gasteiger partial charge in [-0.05, 0) is 32.9 Å². The summed E-state index contributed by atoms with van der Waals surface area (Å²) in [5.41, 5.74) is 0. The fourth-order valence-electron chi connectivity index (χ4n) is 1.81. The van der Waals surface area contributed by atoms with Crippen molar-refractivity contribution < 1.29 is 22.4 Å². The summed E-state index contributed by atoms with van der Waals surface area (Å²) < 4.78 is 29.7. The molecule has 0 aliphatic rings. The van der Waals surface area contributed by atoms with Crippen molar-refractivity contribution in [2.75, 3.05) is 19.3 Å². The molecular formula is C14H23N3O5S. The Balaban J connectivity index is 2.71. The minimum Gasteiger partial charge on any atom is -0.455 e. The Morgan fingerprint density at radius 2 is 1.96 bits per heavy atom. The van der Waals surface area contributed by atoms with E-state index < -0.39 is 15.9 Å². The van der Waals surface area contributed by atoms with Crippen LogP contribution >= 0.6 is 0 Å². The fourth-order valence-corrected chi connectivity index (χ4v) is 2.22. The van der Waals surface area contributed by atoms with Crippen LogP contribution in [0.25, 0.3) is 0 Å². The molecule has 0 aliphatic heterocycles. The normalized spacial score (nSPS) is 11.5. The lowest BCUT2D eigenvalue weighted by atomic mass is 10.3. The molecular weight excluding hydrogens is 322 g/mol. The molecule has 0 bridgehead atoms. The second kappa shape index (κ2) is 8.11. The molecule has 0 spiro atoms. The highest BCUT2D eigenvalue weighted by molar-refractivity contribution is 7.88. The predicted molar refractivity (Wildman–Crippen MR) is 85.2 cm³/mol. The summed E-state index contributed by atoms with van der Waals surface area (Å²) in [6.07, 6.45) is 1.04. The van der Waals surface area contributed by atoms with E-state index >= 15 is 0 Å². The van der Waals surface area contributed by atoms with Crippen LogP contribution in [0, 0.1) is 0 Å². The summed E-state index contributed by atoms with van der Waals surface area (Å²) >= 11 is 0. The van der Waals surface area contributed by atoms with Crippen LogP contribution in [0.4, 0.5) is 0 Å². The summed E-state index contributed by atoms with van der Waals surface area (Å²) in [5, 5.41) is 2.72. The van der Waals surface area contributed by atoms with Crippen LogP contribution in [0.1, 0.15) is 37.1 Å². The van der Waals surface area contributed by atoms with E-state index in [2.05, 4.69) is 10.0 Å². The molecule has 2 amide bonds. The number of furan rings is 1. The number of nitrogens with zero attached hydrogens (tertiary/aromatic N) is 1. The van der Waals surface area contributed by atoms with E-state index in [1.165, 1.54) is 17.0 Å². The van der Waals surface area contributed by atoms with Gasteiger partial charge in [0.05, 0.1) is 19.3 Å². The van der Waals surface area contributed by atoms with Gasteiger partial charge < -0.3 is 14.6 Å². The Bertz CT molecular complexity index is 651. The third-order valence-electron chi connectivity index (χ3n) is 2.83. The van der Waals surface area contributed by atoms with Crippen LogP contribution in [0.2, 0.25) is 0 Å². The van der Waals surface area contributed by atoms with Gasteiger partial charge in [-0.25, -0.2) is 13.1 Å². The van der Waals surface area contributed by atoms with Gasteiger partial charge in [-0.1, -0.05) is 0 Å². The number of sulfonamides is 1. The number of amides is 2. The fraction of sp³-hybridized carbons (Fsp3) is 0.571. The van der Waals surface area contributed by atoms with Crippen LogP contribution in [0.15, 0.2) is 16.5 Å². The Morgan fingerprint density at radius 1 is 1.30 bits per heavy atom. The molecule has 0 saturated carbocycles. The molecule has 1 aromatic rings. The molecule has 9 heteroatoms. The summed E-state index contributed by atoms with van der Waals surface area (Å²) in [6, 6.07) is 2.98. The number of hydrogen-bond acceptors (Lipinski definition) is 5. The van der Waals surface area contributed by atoms with E-state index in [1.54, 1.807) is 6.92 Å². The zero-order valence-corrected chi connectivity index (χ0v) is 14.6. The molecule has 0 fully saturated rings. The first-order chi connectivity index (χ1) is 10.6. The van der Waals surface area contributed by atoms with E-state index in [0.717, 1.165) is 6.26 Å². The molecule has 1 rings (SSSR count). The highest BCUT2D eigenvalue weighted by atomic mass is 32.2. The number of carbonyl (C=O) groups is 2. The van der Waals surface area contributed by atoms with E-state index in [4.69, 9.17) is 4.42 Å². The van der Waals surface area contributed by atoms with Crippen molar-refractivity contribution in [3.63, 3.8) is 0 Å². The number of likely N-dealkylation sites (N-methyl/N-ethyl adjacent to an activating group) is 1. The van der Waals surface area contributed by atoms with Gasteiger partial charge in [-0.15, -0.1) is 0 Å². The number of nitrogens with one attached hydrogen (secondary N) is 2. The molecule has 0 aromatic carbocycles. The zero-order valence-electron chi connectivity index (χ0n) is 13.8. The molecule has 2 N–H and O–H groups in total. The average Bonchev–Trinajstić information content (AvgIpc) is 2.89. The van der Waals surface area contributed by atoms with Crippen molar-refractivity contribution >= 4 is 21.8 Å². The van der Waals surface area contributed by atoms with Crippen LogP contribution in [-0.4, -0.2) is 50.5 Å². The van der Waals surface area contributed by atoms with Gasteiger partial charge in [0.15, 0.2) is 5.76 Å². The van der Waals surface area contributed by atoms with Gasteiger partial charge in [0.2, 0.25) is 15.9 Å². The lowest BCUT2D eigenvalue weighted by molar-refractivity contribution is -0.122. The lowest BCUT2D eigenvalue weighted by Gasteiger charge is -2.20. The summed E-state index contributed by atoms with van der Waals surface area (Å²) in [6.45, 7) is 5.68. The molecule has 0 unspecified atom stereocenters. The maximum absolute atomic E-state index is 12.3. The molecule has 8 nitrogen and oxygen atoms in total. The monoisotopic (exact) mass is 345 g/mol. The third kappa shape index (κ3) is 6.83. The first kappa shape index (κ1) is 19.2. The van der Waals surface area contributed by atoms with Gasteiger partial charge in [0, 0.05) is 12.6 Å². The van der Waals surface area contributed by atoms with Crippen molar-refractivity contribution in [2.24, 2.45) is 0 Å². The van der Waals surface area contributed by atoms with Crippen molar-refractivity contribution in [2.45, 2.75) is 33.4 Å². The van der Waals surface area contributed by atoms with Crippen LogP contribution in [0.3, 0.4) is 0 Å². The summed E-state index contributed by atoms with van der Waals surface area (Å²) in [4.78, 5) is 25.4. The smallest absolute Gasteiger partial charge is 0.290 e. The predicted octanol–water partition coefficient (Wildman–Crippen LogP) is 0.316. The topological polar surface area (TPSA) is 109 Å².